The Morgan fingerprint density at radius 3 is 2.39 bits per heavy atom. The van der Waals surface area contributed by atoms with Crippen molar-refractivity contribution in [3.8, 4) is 0 Å². The van der Waals surface area contributed by atoms with E-state index in [0.29, 0.717) is 11.5 Å². The largest absolute Gasteiger partial charge is 0.480 e. The lowest BCUT2D eigenvalue weighted by Crippen LogP contribution is -2.29. The van der Waals surface area contributed by atoms with Crippen LogP contribution in [0.3, 0.4) is 0 Å². The molecule has 0 radical (unpaired) electrons. The first-order chi connectivity index (χ1) is 8.40. The van der Waals surface area contributed by atoms with Gasteiger partial charge < -0.3 is 5.11 Å². The molecule has 1 atom stereocenters. The van der Waals surface area contributed by atoms with Crippen LogP contribution in [0.2, 0.25) is 0 Å². The third-order valence-electron chi connectivity index (χ3n) is 2.82. The van der Waals surface area contributed by atoms with E-state index in [2.05, 4.69) is 23.9 Å². The second kappa shape index (κ2) is 5.56. The highest BCUT2D eigenvalue weighted by atomic mass is 16.4. The number of azide groups is 1. The van der Waals surface area contributed by atoms with Gasteiger partial charge in [0, 0.05) is 4.91 Å². The molecule has 1 N–H and O–H groups in total. The number of hydrogen-bond donors (Lipinski definition) is 1. The Morgan fingerprint density at radius 2 is 2.00 bits per heavy atom. The standard InChI is InChI=1S/C13H17N3O2/c1-9(2)8-10-4-6-11(7-5-10)13(3,12(17)18)15-16-14/h4-7,9H,8H2,1-3H3,(H,17,18). The Hall–Kier alpha value is -2.00. The lowest BCUT2D eigenvalue weighted by molar-refractivity contribution is -0.142. The van der Waals surface area contributed by atoms with E-state index >= 15 is 0 Å². The average Bonchev–Trinajstić information content (AvgIpc) is 2.29. The summed E-state index contributed by atoms with van der Waals surface area (Å²) >= 11 is 0. The number of carboxylic acid groups (broad SMARTS) is 1. The molecule has 0 saturated heterocycles. The van der Waals surface area contributed by atoms with Crippen molar-refractivity contribution in [3.63, 3.8) is 0 Å². The Morgan fingerprint density at radius 1 is 1.44 bits per heavy atom. The molecule has 1 aromatic rings. The van der Waals surface area contributed by atoms with E-state index in [9.17, 15) is 4.79 Å². The molecule has 0 amide bonds. The van der Waals surface area contributed by atoms with E-state index in [4.69, 9.17) is 10.6 Å². The van der Waals surface area contributed by atoms with Gasteiger partial charge in [-0.1, -0.05) is 43.2 Å². The first kappa shape index (κ1) is 14.1. The molecule has 0 aliphatic rings. The van der Waals surface area contributed by atoms with E-state index in [1.54, 1.807) is 12.1 Å². The van der Waals surface area contributed by atoms with E-state index in [-0.39, 0.29) is 0 Å². The summed E-state index contributed by atoms with van der Waals surface area (Å²) in [5.74, 6) is -0.615. The summed E-state index contributed by atoms with van der Waals surface area (Å²) in [5.41, 5.74) is 8.56. The predicted molar refractivity (Wildman–Crippen MR) is 69.1 cm³/mol. The number of carbonyl (C=O) groups is 1. The van der Waals surface area contributed by atoms with E-state index < -0.39 is 11.5 Å². The summed E-state index contributed by atoms with van der Waals surface area (Å²) in [6.07, 6.45) is 0.936. The van der Waals surface area contributed by atoms with Crippen molar-refractivity contribution < 1.29 is 9.90 Å². The zero-order chi connectivity index (χ0) is 13.8. The van der Waals surface area contributed by atoms with Crippen LogP contribution in [-0.4, -0.2) is 11.1 Å². The number of hydrogen-bond acceptors (Lipinski definition) is 2. The van der Waals surface area contributed by atoms with Gasteiger partial charge in [-0.15, -0.1) is 0 Å². The van der Waals surface area contributed by atoms with Gasteiger partial charge in [0.1, 0.15) is 0 Å². The lowest BCUT2D eigenvalue weighted by atomic mass is 9.91. The monoisotopic (exact) mass is 247 g/mol. The maximum absolute atomic E-state index is 11.2. The Bertz CT molecular complexity index is 472. The maximum Gasteiger partial charge on any atom is 0.319 e. The minimum absolute atomic E-state index is 0.486. The maximum atomic E-state index is 11.2. The van der Waals surface area contributed by atoms with Crippen LogP contribution in [0.15, 0.2) is 29.4 Å². The second-order valence-electron chi connectivity index (χ2n) is 4.86. The molecule has 0 bridgehead atoms. The summed E-state index contributed by atoms with van der Waals surface area (Å²) in [7, 11) is 0. The van der Waals surface area contributed by atoms with Crippen LogP contribution in [0, 0.1) is 5.92 Å². The van der Waals surface area contributed by atoms with Gasteiger partial charge >= 0.3 is 5.97 Å². The van der Waals surface area contributed by atoms with Crippen LogP contribution in [0.25, 0.3) is 10.4 Å². The van der Waals surface area contributed by atoms with E-state index in [1.165, 1.54) is 6.92 Å². The molecule has 18 heavy (non-hydrogen) atoms. The SMILES string of the molecule is CC(C)Cc1ccc(C(C)(N=[N+]=[N-])C(=O)O)cc1. The van der Waals surface area contributed by atoms with Crippen LogP contribution in [-0.2, 0) is 16.8 Å². The van der Waals surface area contributed by atoms with Crippen LogP contribution in [0.4, 0.5) is 0 Å². The number of aliphatic carboxylic acids is 1. The summed E-state index contributed by atoms with van der Waals surface area (Å²) in [4.78, 5) is 13.8. The normalized spacial score (nSPS) is 13.8. The number of carboxylic acids is 1. The Labute approximate surface area is 106 Å². The summed E-state index contributed by atoms with van der Waals surface area (Å²) in [6.45, 7) is 5.64. The summed E-state index contributed by atoms with van der Waals surface area (Å²) in [5, 5.41) is 12.6. The lowest BCUT2D eigenvalue weighted by Gasteiger charge is -2.19. The van der Waals surface area contributed by atoms with Crippen molar-refractivity contribution in [3.05, 3.63) is 45.8 Å². The fourth-order valence-electron chi connectivity index (χ4n) is 1.75. The molecule has 96 valence electrons. The van der Waals surface area contributed by atoms with Crippen molar-refractivity contribution in [1.82, 2.24) is 0 Å². The number of nitrogens with zero attached hydrogens (tertiary/aromatic N) is 3. The van der Waals surface area contributed by atoms with Crippen LogP contribution in [0.1, 0.15) is 31.9 Å². The van der Waals surface area contributed by atoms with Crippen molar-refractivity contribution in [2.75, 3.05) is 0 Å². The molecule has 1 rings (SSSR count). The fourth-order valence-corrected chi connectivity index (χ4v) is 1.75. The fraction of sp³-hybridized carbons (Fsp3) is 0.462. The number of rotatable bonds is 5. The van der Waals surface area contributed by atoms with Gasteiger partial charge in [-0.25, -0.2) is 0 Å². The molecule has 0 spiro atoms. The molecular weight excluding hydrogens is 230 g/mol. The molecular formula is C13H17N3O2. The summed E-state index contributed by atoms with van der Waals surface area (Å²) in [6, 6.07) is 7.17. The minimum atomic E-state index is -1.55. The van der Waals surface area contributed by atoms with Gasteiger partial charge in [-0.2, -0.15) is 0 Å². The molecule has 0 aromatic heterocycles. The third kappa shape index (κ3) is 3.02. The zero-order valence-corrected chi connectivity index (χ0v) is 10.8. The quantitative estimate of drug-likeness (QED) is 0.490. The molecule has 0 saturated carbocycles. The molecule has 0 fully saturated rings. The number of benzene rings is 1. The zero-order valence-electron chi connectivity index (χ0n) is 10.8. The van der Waals surface area contributed by atoms with Crippen molar-refractivity contribution in [2.45, 2.75) is 32.7 Å². The Kier molecular flexibility index (Phi) is 4.34. The highest BCUT2D eigenvalue weighted by Crippen LogP contribution is 2.26. The molecule has 0 aliphatic carbocycles. The van der Waals surface area contributed by atoms with E-state index in [1.807, 2.05) is 12.1 Å². The molecule has 0 aliphatic heterocycles. The second-order valence-corrected chi connectivity index (χ2v) is 4.86. The predicted octanol–water partition coefficient (Wildman–Crippen LogP) is 3.50. The molecule has 1 aromatic carbocycles. The molecule has 5 nitrogen and oxygen atoms in total. The minimum Gasteiger partial charge on any atom is -0.480 e. The van der Waals surface area contributed by atoms with Crippen molar-refractivity contribution in [2.24, 2.45) is 11.0 Å². The molecule has 0 heterocycles. The average molecular weight is 247 g/mol. The van der Waals surface area contributed by atoms with Crippen molar-refractivity contribution >= 4 is 5.97 Å². The van der Waals surface area contributed by atoms with Gasteiger partial charge in [0.2, 0.25) is 0 Å². The van der Waals surface area contributed by atoms with Gasteiger partial charge in [-0.3, -0.25) is 4.79 Å². The third-order valence-corrected chi connectivity index (χ3v) is 2.82. The first-order valence-electron chi connectivity index (χ1n) is 5.79. The molecule has 5 heteroatoms. The van der Waals surface area contributed by atoms with Gasteiger partial charge in [0.05, 0.1) is 0 Å². The Balaban J connectivity index is 3.09. The summed E-state index contributed by atoms with van der Waals surface area (Å²) < 4.78 is 0. The highest BCUT2D eigenvalue weighted by molar-refractivity contribution is 5.80. The highest BCUT2D eigenvalue weighted by Gasteiger charge is 2.34. The van der Waals surface area contributed by atoms with E-state index in [0.717, 1.165) is 12.0 Å². The van der Waals surface area contributed by atoms with Crippen LogP contribution in [0.5, 0.6) is 0 Å². The van der Waals surface area contributed by atoms with Gasteiger partial charge in [0.15, 0.2) is 5.54 Å². The van der Waals surface area contributed by atoms with Gasteiger partial charge in [0.25, 0.3) is 0 Å². The first-order valence-corrected chi connectivity index (χ1v) is 5.79. The van der Waals surface area contributed by atoms with Crippen LogP contribution < -0.4 is 0 Å². The smallest absolute Gasteiger partial charge is 0.319 e. The van der Waals surface area contributed by atoms with Gasteiger partial charge in [-0.05, 0) is 35.9 Å². The molecule has 1 unspecified atom stereocenters. The van der Waals surface area contributed by atoms with Crippen LogP contribution >= 0.6 is 0 Å². The topological polar surface area (TPSA) is 86.1 Å². The van der Waals surface area contributed by atoms with Crippen molar-refractivity contribution in [1.29, 1.82) is 0 Å².